The summed E-state index contributed by atoms with van der Waals surface area (Å²) in [6.45, 7) is 9.22. The van der Waals surface area contributed by atoms with Gasteiger partial charge >= 0.3 is 0 Å². The first-order valence-electron chi connectivity index (χ1n) is 3.19. The third kappa shape index (κ3) is 1.49. The third-order valence-corrected chi connectivity index (χ3v) is 2.22. The van der Waals surface area contributed by atoms with E-state index in [4.69, 9.17) is 5.73 Å². The van der Waals surface area contributed by atoms with Gasteiger partial charge in [-0.25, -0.2) is 4.98 Å². The van der Waals surface area contributed by atoms with Crippen LogP contribution in [-0.4, -0.2) is 4.98 Å². The molecule has 2 nitrogen and oxygen atoms in total. The van der Waals surface area contributed by atoms with Gasteiger partial charge in [0.15, 0.2) is 0 Å². The van der Waals surface area contributed by atoms with Crippen molar-refractivity contribution in [2.45, 2.75) is 6.92 Å². The van der Waals surface area contributed by atoms with Crippen molar-refractivity contribution in [3.63, 3.8) is 0 Å². The minimum absolute atomic E-state index is 0.504. The Morgan fingerprint density at radius 1 is 1.73 bits per heavy atom. The first kappa shape index (κ1) is 8.01. The highest BCUT2D eigenvalue weighted by molar-refractivity contribution is 7.12. The van der Waals surface area contributed by atoms with E-state index in [-0.39, 0.29) is 0 Å². The van der Waals surface area contributed by atoms with Crippen LogP contribution in [0.3, 0.4) is 0 Å². The molecule has 0 amide bonds. The second kappa shape index (κ2) is 2.88. The number of hydrogen-bond acceptors (Lipinski definition) is 3. The van der Waals surface area contributed by atoms with Gasteiger partial charge in [0.05, 0.1) is 15.6 Å². The second-order valence-corrected chi connectivity index (χ2v) is 3.41. The molecule has 0 aliphatic carbocycles. The lowest BCUT2D eigenvalue weighted by Crippen LogP contribution is -1.95. The van der Waals surface area contributed by atoms with Crippen LogP contribution < -0.4 is 5.73 Å². The van der Waals surface area contributed by atoms with Crippen LogP contribution in [0.4, 0.5) is 0 Å². The molecule has 0 spiro atoms. The molecule has 1 rings (SSSR count). The van der Waals surface area contributed by atoms with E-state index in [0.29, 0.717) is 5.70 Å². The van der Waals surface area contributed by atoms with E-state index in [1.165, 1.54) is 0 Å². The number of nitrogens with zero attached hydrogens (tertiary/aromatic N) is 1. The minimum atomic E-state index is 0.504. The summed E-state index contributed by atoms with van der Waals surface area (Å²) in [6, 6.07) is 0. The van der Waals surface area contributed by atoms with Gasteiger partial charge in [-0.2, -0.15) is 0 Å². The Labute approximate surface area is 70.1 Å². The lowest BCUT2D eigenvalue weighted by atomic mass is 10.3. The molecule has 0 radical (unpaired) electrons. The fraction of sp³-hybridized carbons (Fsp3) is 0.125. The molecule has 0 aromatic carbocycles. The average Bonchev–Trinajstić information content (AvgIpc) is 2.30. The maximum atomic E-state index is 5.51. The highest BCUT2D eigenvalue weighted by Crippen LogP contribution is 2.21. The van der Waals surface area contributed by atoms with Crippen molar-refractivity contribution in [1.82, 2.24) is 4.98 Å². The van der Waals surface area contributed by atoms with Gasteiger partial charge in [0, 0.05) is 0 Å². The van der Waals surface area contributed by atoms with Gasteiger partial charge in [0.2, 0.25) is 0 Å². The van der Waals surface area contributed by atoms with Crippen molar-refractivity contribution in [3.8, 4) is 0 Å². The summed E-state index contributed by atoms with van der Waals surface area (Å²) >= 11 is 1.57. The van der Waals surface area contributed by atoms with Crippen LogP contribution in [0.1, 0.15) is 15.6 Å². The topological polar surface area (TPSA) is 38.9 Å². The number of nitrogens with two attached hydrogens (primary N) is 1. The normalized spacial score (nSPS) is 9.55. The number of rotatable bonds is 2. The highest BCUT2D eigenvalue weighted by Gasteiger charge is 2.05. The van der Waals surface area contributed by atoms with E-state index in [1.807, 2.05) is 6.92 Å². The monoisotopic (exact) mass is 166 g/mol. The molecule has 0 aliphatic heterocycles. The van der Waals surface area contributed by atoms with Gasteiger partial charge in [0.25, 0.3) is 0 Å². The Balaban J connectivity index is 3.22. The fourth-order valence-electron chi connectivity index (χ4n) is 0.811. The molecule has 0 saturated heterocycles. The Kier molecular flexibility index (Phi) is 2.10. The van der Waals surface area contributed by atoms with Gasteiger partial charge < -0.3 is 5.73 Å². The van der Waals surface area contributed by atoms with Crippen LogP contribution in [0.25, 0.3) is 11.8 Å². The second-order valence-electron chi connectivity index (χ2n) is 2.18. The van der Waals surface area contributed by atoms with Crippen molar-refractivity contribution in [1.29, 1.82) is 0 Å². The first-order chi connectivity index (χ1) is 5.15. The molecule has 0 unspecified atom stereocenters. The van der Waals surface area contributed by atoms with Crippen molar-refractivity contribution in [2.75, 3.05) is 0 Å². The summed E-state index contributed by atoms with van der Waals surface area (Å²) in [6.07, 6.45) is 1.75. The van der Waals surface area contributed by atoms with Crippen molar-refractivity contribution in [2.24, 2.45) is 5.73 Å². The van der Waals surface area contributed by atoms with Crippen LogP contribution in [0.5, 0.6) is 0 Å². The molecule has 0 aliphatic rings. The number of aryl methyl sites for hydroxylation is 1. The van der Waals surface area contributed by atoms with Gasteiger partial charge in [0.1, 0.15) is 5.69 Å². The predicted molar refractivity (Wildman–Crippen MR) is 50.2 cm³/mol. The summed E-state index contributed by atoms with van der Waals surface area (Å²) in [7, 11) is 0. The van der Waals surface area contributed by atoms with Crippen LogP contribution in [0, 0.1) is 6.92 Å². The smallest absolute Gasteiger partial charge is 0.104 e. The average molecular weight is 166 g/mol. The Morgan fingerprint density at radius 2 is 2.36 bits per heavy atom. The van der Waals surface area contributed by atoms with Gasteiger partial charge in [-0.15, -0.1) is 11.3 Å². The molecule has 1 aromatic rings. The molecule has 0 atom stereocenters. The quantitative estimate of drug-likeness (QED) is 0.730. The van der Waals surface area contributed by atoms with Crippen molar-refractivity contribution >= 4 is 23.1 Å². The first-order valence-corrected chi connectivity index (χ1v) is 4.01. The molecule has 0 fully saturated rings. The van der Waals surface area contributed by atoms with Crippen LogP contribution >= 0.6 is 11.3 Å². The molecule has 58 valence electrons. The molecule has 1 heterocycles. The maximum Gasteiger partial charge on any atom is 0.104 e. The van der Waals surface area contributed by atoms with E-state index in [1.54, 1.807) is 17.4 Å². The fourth-order valence-corrected chi connectivity index (χ4v) is 1.62. The Morgan fingerprint density at radius 3 is 2.73 bits per heavy atom. The van der Waals surface area contributed by atoms with Gasteiger partial charge in [-0.05, 0) is 13.0 Å². The van der Waals surface area contributed by atoms with Crippen LogP contribution in [0.2, 0.25) is 0 Å². The van der Waals surface area contributed by atoms with E-state index in [0.717, 1.165) is 15.6 Å². The minimum Gasteiger partial charge on any atom is -0.397 e. The zero-order valence-electron chi connectivity index (χ0n) is 6.42. The SMILES string of the molecule is C=Cc1sc(C)nc1C(=C)N. The van der Waals surface area contributed by atoms with Crippen molar-refractivity contribution in [3.05, 3.63) is 28.7 Å². The van der Waals surface area contributed by atoms with Crippen LogP contribution in [-0.2, 0) is 0 Å². The summed E-state index contributed by atoms with van der Waals surface area (Å²) < 4.78 is 0. The zero-order chi connectivity index (χ0) is 8.43. The largest absolute Gasteiger partial charge is 0.397 e. The summed E-state index contributed by atoms with van der Waals surface area (Å²) in [5.74, 6) is 0. The van der Waals surface area contributed by atoms with E-state index < -0.39 is 0 Å². The highest BCUT2D eigenvalue weighted by atomic mass is 32.1. The summed E-state index contributed by atoms with van der Waals surface area (Å²) in [4.78, 5) is 5.20. The lowest BCUT2D eigenvalue weighted by Gasteiger charge is -1.93. The van der Waals surface area contributed by atoms with Crippen molar-refractivity contribution < 1.29 is 0 Å². The number of hydrogen-bond donors (Lipinski definition) is 1. The Hall–Kier alpha value is -1.09. The third-order valence-electron chi connectivity index (χ3n) is 1.25. The summed E-state index contributed by atoms with van der Waals surface area (Å²) in [5.41, 5.74) is 6.78. The van der Waals surface area contributed by atoms with E-state index in [2.05, 4.69) is 18.1 Å². The molecule has 11 heavy (non-hydrogen) atoms. The summed E-state index contributed by atoms with van der Waals surface area (Å²) in [5, 5.41) is 0.988. The van der Waals surface area contributed by atoms with E-state index in [9.17, 15) is 0 Å². The lowest BCUT2D eigenvalue weighted by molar-refractivity contribution is 1.24. The Bertz CT molecular complexity index is 299. The predicted octanol–water partition coefficient (Wildman–Crippen LogP) is 2.02. The van der Waals surface area contributed by atoms with Gasteiger partial charge in [-0.3, -0.25) is 0 Å². The molecule has 0 saturated carbocycles. The zero-order valence-corrected chi connectivity index (χ0v) is 7.24. The molecule has 0 bridgehead atoms. The van der Waals surface area contributed by atoms with Gasteiger partial charge in [-0.1, -0.05) is 13.2 Å². The number of thiazole rings is 1. The molecule has 2 N–H and O–H groups in total. The molecule has 3 heteroatoms. The van der Waals surface area contributed by atoms with E-state index >= 15 is 0 Å². The molecular weight excluding hydrogens is 156 g/mol. The molecular formula is C8H10N2S. The molecule has 1 aromatic heterocycles. The maximum absolute atomic E-state index is 5.51. The standard InChI is InChI=1S/C8H10N2S/c1-4-7-8(5(2)9)10-6(3)11-7/h4H,1-2,9H2,3H3. The van der Waals surface area contributed by atoms with Crippen LogP contribution in [0.15, 0.2) is 13.2 Å². The number of aromatic nitrogens is 1.